The van der Waals surface area contributed by atoms with Gasteiger partial charge in [-0.2, -0.15) is 15.4 Å². The van der Waals surface area contributed by atoms with Crippen LogP contribution >= 0.6 is 7.82 Å². The molecule has 0 spiro atoms. The van der Waals surface area contributed by atoms with E-state index in [0.717, 1.165) is 0 Å². The topological polar surface area (TPSA) is 145 Å². The minimum atomic E-state index is -4.84. The van der Waals surface area contributed by atoms with Gasteiger partial charge in [0.25, 0.3) is 0 Å². The van der Waals surface area contributed by atoms with Crippen LogP contribution in [0.2, 0.25) is 0 Å². The van der Waals surface area contributed by atoms with Crippen molar-refractivity contribution in [2.75, 3.05) is 28.4 Å². The smallest absolute Gasteiger partial charge is 1.00 e. The zero-order valence-corrected chi connectivity index (χ0v) is 20.5. The van der Waals surface area contributed by atoms with Crippen molar-refractivity contribution in [3.63, 3.8) is 0 Å². The molecule has 1 heterocycles. The summed E-state index contributed by atoms with van der Waals surface area (Å²) >= 11 is 0. The van der Waals surface area contributed by atoms with E-state index in [1.165, 1.54) is 34.5 Å². The van der Waals surface area contributed by atoms with Crippen LogP contribution in [0.25, 0.3) is 22.5 Å². The van der Waals surface area contributed by atoms with Crippen molar-refractivity contribution in [2.24, 2.45) is 0 Å². The summed E-state index contributed by atoms with van der Waals surface area (Å²) in [6.45, 7) is 0. The fourth-order valence-corrected chi connectivity index (χ4v) is 3.27. The van der Waals surface area contributed by atoms with E-state index in [2.05, 4.69) is 15.4 Å². The molecule has 0 unspecified atom stereocenters. The number of H-pyrrole nitrogens is 1. The average Bonchev–Trinajstić information content (AvgIpc) is 3.20. The fourth-order valence-electron chi connectivity index (χ4n) is 2.87. The van der Waals surface area contributed by atoms with Gasteiger partial charge in [-0.25, -0.2) is 4.57 Å². The molecule has 162 valence electrons. The summed E-state index contributed by atoms with van der Waals surface area (Å²) in [5, 5.41) is 10.8. The molecule has 0 aliphatic rings. The zero-order chi connectivity index (χ0) is 21.9. The quantitative estimate of drug-likeness (QED) is 0.304. The van der Waals surface area contributed by atoms with E-state index in [9.17, 15) is 14.4 Å². The molecule has 1 aromatic heterocycles. The molecule has 0 bridgehead atoms. The number of aromatic amines is 1. The van der Waals surface area contributed by atoms with Gasteiger partial charge >= 0.3 is 37.4 Å². The number of ether oxygens (including phenoxy) is 4. The third-order valence-corrected chi connectivity index (χ3v) is 4.58. The van der Waals surface area contributed by atoms with E-state index in [0.29, 0.717) is 34.3 Å². The number of phosphoric ester groups is 1. The summed E-state index contributed by atoms with van der Waals surface area (Å²) in [5.74, 6) is 1.44. The Morgan fingerprint density at radius 3 is 2.00 bits per heavy atom. The number of hydrogen-bond donors (Lipinski definition) is 3. The van der Waals surface area contributed by atoms with Crippen molar-refractivity contribution in [2.45, 2.75) is 0 Å². The second-order valence-electron chi connectivity index (χ2n) is 5.88. The van der Waals surface area contributed by atoms with Gasteiger partial charge in [0.05, 0.1) is 28.4 Å². The van der Waals surface area contributed by atoms with Crippen LogP contribution in [0.5, 0.6) is 28.7 Å². The molecule has 0 radical (unpaired) electrons. The maximum absolute atomic E-state index is 11.5. The normalized spacial score (nSPS) is 10.8. The van der Waals surface area contributed by atoms with Crippen molar-refractivity contribution in [3.05, 3.63) is 30.3 Å². The number of rotatable bonds is 8. The van der Waals surface area contributed by atoms with Gasteiger partial charge in [-0.3, -0.25) is 9.79 Å². The van der Waals surface area contributed by atoms with Crippen LogP contribution in [-0.2, 0) is 4.57 Å². The molecule has 13 heteroatoms. The Morgan fingerprint density at radius 1 is 0.871 bits per heavy atom. The van der Waals surface area contributed by atoms with Crippen molar-refractivity contribution < 1.29 is 68.8 Å². The molecule has 3 N–H and O–H groups in total. The Hall–Kier alpha value is -2.27. The predicted molar refractivity (Wildman–Crippen MR) is 107 cm³/mol. The Labute approximate surface area is 201 Å². The molecule has 11 nitrogen and oxygen atoms in total. The summed E-state index contributed by atoms with van der Waals surface area (Å²) in [4.78, 5) is 18.6. The van der Waals surface area contributed by atoms with Crippen LogP contribution in [0, 0.1) is 0 Å². The summed E-state index contributed by atoms with van der Waals surface area (Å²) < 4.78 is 37.5. The summed E-state index contributed by atoms with van der Waals surface area (Å²) in [6.07, 6.45) is 0. The molecule has 0 amide bonds. The molecule has 0 fully saturated rings. The monoisotopic (exact) mass is 461 g/mol. The van der Waals surface area contributed by atoms with E-state index in [1.807, 2.05) is 0 Å². The van der Waals surface area contributed by atoms with Crippen LogP contribution < -0.4 is 53.0 Å². The zero-order valence-electron chi connectivity index (χ0n) is 18.6. The number of methoxy groups -OCH3 is 4. The van der Waals surface area contributed by atoms with Gasteiger partial charge in [-0.05, 0) is 24.3 Å². The van der Waals surface area contributed by atoms with E-state index in [-0.39, 0.29) is 48.0 Å². The third kappa shape index (κ3) is 5.51. The number of aromatic nitrogens is 3. The van der Waals surface area contributed by atoms with Gasteiger partial charge in [0.1, 0.15) is 22.9 Å². The molecule has 0 saturated carbocycles. The molecule has 2 aromatic carbocycles. The number of phosphoric acid groups is 1. The molecule has 0 atom stereocenters. The average molecular weight is 461 g/mol. The molecule has 3 rings (SSSR count). The molecule has 0 saturated heterocycles. The van der Waals surface area contributed by atoms with Crippen molar-refractivity contribution in [3.8, 4) is 51.3 Å². The first-order chi connectivity index (χ1) is 14.3. The van der Waals surface area contributed by atoms with E-state index in [4.69, 9.17) is 23.5 Å². The van der Waals surface area contributed by atoms with Gasteiger partial charge in [0.2, 0.25) is 5.75 Å². The third-order valence-electron chi connectivity index (χ3n) is 4.15. The number of hydrogen-bond acceptors (Lipinski definition) is 8. The maximum Gasteiger partial charge on any atom is 1.00 e. The molecule has 31 heavy (non-hydrogen) atoms. The van der Waals surface area contributed by atoms with Crippen LogP contribution in [0.15, 0.2) is 30.3 Å². The van der Waals surface area contributed by atoms with Crippen LogP contribution in [0.4, 0.5) is 0 Å². The molecular weight excluding hydrogens is 440 g/mol. The van der Waals surface area contributed by atoms with E-state index >= 15 is 0 Å². The summed E-state index contributed by atoms with van der Waals surface area (Å²) in [6, 6.07) is 7.87. The van der Waals surface area contributed by atoms with Gasteiger partial charge in [0, 0.05) is 17.2 Å². The fraction of sp³-hybridized carbons (Fsp3) is 0.222. The van der Waals surface area contributed by atoms with E-state index in [1.54, 1.807) is 24.3 Å². The molecular formula is C18H21N3NaO8P. The second-order valence-corrected chi connectivity index (χ2v) is 7.04. The van der Waals surface area contributed by atoms with Gasteiger partial charge in [0.15, 0.2) is 11.5 Å². The Bertz CT molecular complexity index is 1080. The maximum atomic E-state index is 11.5. The van der Waals surface area contributed by atoms with E-state index < -0.39 is 7.82 Å². The first-order valence-electron chi connectivity index (χ1n) is 8.46. The van der Waals surface area contributed by atoms with Crippen LogP contribution in [-0.4, -0.2) is 53.6 Å². The summed E-state index contributed by atoms with van der Waals surface area (Å²) in [7, 11) is 1.05. The Balaban J connectivity index is 0.00000256. The van der Waals surface area contributed by atoms with Crippen LogP contribution in [0.1, 0.15) is 1.43 Å². The van der Waals surface area contributed by atoms with Crippen molar-refractivity contribution in [1.29, 1.82) is 0 Å². The van der Waals surface area contributed by atoms with Crippen molar-refractivity contribution >= 4 is 7.82 Å². The minimum absolute atomic E-state index is 0. The van der Waals surface area contributed by atoms with Gasteiger partial charge in [-0.1, -0.05) is 0 Å². The standard InChI is InChI=1S/C18H20N3O8P.Na.H/c1-25-11-5-6-12(13(9-11)29-30(22,23)24)17-16(19-21-20-17)10-7-14(26-2)18(28-4)15(8-10)27-3;;/h5-9H,1-4H3,(H,19,20,21)(H2,22,23,24);;/q;+1;-1. The number of nitrogens with one attached hydrogen (secondary N) is 1. The minimum Gasteiger partial charge on any atom is -1.00 e. The first-order valence-corrected chi connectivity index (χ1v) is 9.99. The Morgan fingerprint density at radius 2 is 1.48 bits per heavy atom. The molecule has 0 aliphatic heterocycles. The van der Waals surface area contributed by atoms with Crippen LogP contribution in [0.3, 0.4) is 0 Å². The van der Waals surface area contributed by atoms with Crippen molar-refractivity contribution in [1.82, 2.24) is 15.4 Å². The Kier molecular flexibility index (Phi) is 8.35. The second kappa shape index (κ2) is 10.4. The largest absolute Gasteiger partial charge is 1.00 e. The number of benzene rings is 2. The SMILES string of the molecule is COc1ccc(-c2n[nH]nc2-c2cc(OC)c(OC)c(OC)c2)c(OP(=O)(O)O)c1.[H-].[Na+]. The molecule has 3 aromatic rings. The summed E-state index contributed by atoms with van der Waals surface area (Å²) in [5.41, 5.74) is 1.51. The van der Waals surface area contributed by atoms with Gasteiger partial charge < -0.3 is 24.9 Å². The molecule has 0 aliphatic carbocycles. The first kappa shape index (κ1) is 25.0. The van der Waals surface area contributed by atoms with Gasteiger partial charge in [-0.15, -0.1) is 0 Å². The number of nitrogens with zero attached hydrogens (tertiary/aromatic N) is 2. The predicted octanol–water partition coefficient (Wildman–Crippen LogP) is -0.239.